The van der Waals surface area contributed by atoms with Crippen molar-refractivity contribution in [1.29, 1.82) is 0 Å². The first-order valence-electron chi connectivity index (χ1n) is 8.20. The summed E-state index contributed by atoms with van der Waals surface area (Å²) >= 11 is 0. The van der Waals surface area contributed by atoms with Gasteiger partial charge in [-0.2, -0.15) is 4.31 Å². The number of nitrogens with zero attached hydrogens (tertiary/aromatic N) is 1. The van der Waals surface area contributed by atoms with Crippen LogP contribution in [0, 0.1) is 24.4 Å². The van der Waals surface area contributed by atoms with Crippen molar-refractivity contribution in [3.8, 4) is 5.75 Å². The van der Waals surface area contributed by atoms with Crippen LogP contribution in [0.15, 0.2) is 35.2 Å². The molecule has 28 heavy (non-hydrogen) atoms. The summed E-state index contributed by atoms with van der Waals surface area (Å²) in [4.78, 5) is 12.1. The Morgan fingerprint density at radius 3 is 2.43 bits per heavy atom. The summed E-state index contributed by atoms with van der Waals surface area (Å²) < 4.78 is 71.8. The van der Waals surface area contributed by atoms with Crippen LogP contribution in [0.4, 0.5) is 18.9 Å². The number of aryl methyl sites for hydroxylation is 1. The van der Waals surface area contributed by atoms with Crippen LogP contribution in [0.25, 0.3) is 0 Å². The Morgan fingerprint density at radius 2 is 1.82 bits per heavy atom. The predicted octanol–water partition coefficient (Wildman–Crippen LogP) is 3.07. The molecule has 0 saturated carbocycles. The normalized spacial score (nSPS) is 11.5. The van der Waals surface area contributed by atoms with Crippen LogP contribution in [0.2, 0.25) is 0 Å². The van der Waals surface area contributed by atoms with Gasteiger partial charge in [-0.25, -0.2) is 21.6 Å². The number of anilines is 1. The minimum absolute atomic E-state index is 0.0624. The number of rotatable bonds is 7. The number of likely N-dealkylation sites (N-methyl/N-ethyl adjacent to an activating group) is 1. The van der Waals surface area contributed by atoms with Crippen LogP contribution < -0.4 is 10.1 Å². The molecular formula is C18H19F3N2O4S. The minimum Gasteiger partial charge on any atom is -0.495 e. The Kier molecular flexibility index (Phi) is 6.68. The maximum atomic E-state index is 13.7. The summed E-state index contributed by atoms with van der Waals surface area (Å²) in [6.07, 6.45) is 0. The van der Waals surface area contributed by atoms with Crippen molar-refractivity contribution >= 4 is 21.6 Å². The molecule has 10 heteroatoms. The lowest BCUT2D eigenvalue weighted by Gasteiger charge is -2.21. The van der Waals surface area contributed by atoms with E-state index in [1.807, 2.05) is 5.32 Å². The molecule has 0 aliphatic carbocycles. The van der Waals surface area contributed by atoms with Crippen LogP contribution >= 0.6 is 0 Å². The van der Waals surface area contributed by atoms with E-state index in [2.05, 4.69) is 0 Å². The molecule has 0 spiro atoms. The zero-order chi connectivity index (χ0) is 21.1. The maximum absolute atomic E-state index is 13.7. The summed E-state index contributed by atoms with van der Waals surface area (Å²) in [7, 11) is -2.79. The highest BCUT2D eigenvalue weighted by atomic mass is 32.2. The van der Waals surface area contributed by atoms with E-state index in [0.29, 0.717) is 11.6 Å². The number of amides is 1. The zero-order valence-corrected chi connectivity index (χ0v) is 16.2. The van der Waals surface area contributed by atoms with E-state index in [1.54, 1.807) is 13.0 Å². The molecule has 0 heterocycles. The van der Waals surface area contributed by atoms with Crippen molar-refractivity contribution in [3.05, 3.63) is 53.3 Å². The molecule has 0 atom stereocenters. The fourth-order valence-electron chi connectivity index (χ4n) is 2.46. The molecule has 2 rings (SSSR count). The molecular weight excluding hydrogens is 397 g/mol. The number of hydrogen-bond donors (Lipinski definition) is 1. The van der Waals surface area contributed by atoms with Gasteiger partial charge in [0.1, 0.15) is 10.6 Å². The molecule has 152 valence electrons. The quantitative estimate of drug-likeness (QED) is 0.704. The lowest BCUT2D eigenvalue weighted by molar-refractivity contribution is -0.116. The maximum Gasteiger partial charge on any atom is 0.247 e. The van der Waals surface area contributed by atoms with E-state index in [9.17, 15) is 26.4 Å². The largest absolute Gasteiger partial charge is 0.495 e. The fraction of sp³-hybridized carbons (Fsp3) is 0.278. The first-order valence-corrected chi connectivity index (χ1v) is 9.64. The van der Waals surface area contributed by atoms with E-state index < -0.39 is 45.6 Å². The van der Waals surface area contributed by atoms with Gasteiger partial charge in [0, 0.05) is 6.54 Å². The highest BCUT2D eigenvalue weighted by Crippen LogP contribution is 2.28. The van der Waals surface area contributed by atoms with E-state index in [0.717, 1.165) is 10.4 Å². The lowest BCUT2D eigenvalue weighted by atomic mass is 10.2. The van der Waals surface area contributed by atoms with Crippen molar-refractivity contribution in [2.45, 2.75) is 18.7 Å². The average Bonchev–Trinajstić information content (AvgIpc) is 2.66. The van der Waals surface area contributed by atoms with Gasteiger partial charge in [-0.3, -0.25) is 4.79 Å². The molecule has 1 N–H and O–H groups in total. The third kappa shape index (κ3) is 4.45. The van der Waals surface area contributed by atoms with Crippen molar-refractivity contribution < 1.29 is 31.1 Å². The van der Waals surface area contributed by atoms with Crippen molar-refractivity contribution in [2.75, 3.05) is 25.5 Å². The van der Waals surface area contributed by atoms with Crippen LogP contribution in [0.3, 0.4) is 0 Å². The van der Waals surface area contributed by atoms with Gasteiger partial charge >= 0.3 is 0 Å². The van der Waals surface area contributed by atoms with E-state index >= 15 is 0 Å². The second kappa shape index (κ2) is 8.61. The molecule has 1 amide bonds. The molecule has 2 aromatic rings. The van der Waals surface area contributed by atoms with Gasteiger partial charge in [0.05, 0.1) is 19.3 Å². The molecule has 0 aromatic heterocycles. The van der Waals surface area contributed by atoms with Crippen LogP contribution in [0.1, 0.15) is 12.5 Å². The Labute approximate surface area is 161 Å². The van der Waals surface area contributed by atoms with Gasteiger partial charge in [-0.15, -0.1) is 0 Å². The Bertz CT molecular complexity index is 997. The SMILES string of the molecule is CCN(CC(=O)Nc1ccc(F)c(F)c1F)S(=O)(=O)c1cc(C)ccc1OC. The minimum atomic E-state index is -4.11. The third-order valence-electron chi connectivity index (χ3n) is 3.92. The van der Waals surface area contributed by atoms with E-state index in [1.165, 1.54) is 26.2 Å². The molecule has 6 nitrogen and oxygen atoms in total. The smallest absolute Gasteiger partial charge is 0.247 e. The first kappa shape index (κ1) is 21.7. The van der Waals surface area contributed by atoms with E-state index in [-0.39, 0.29) is 17.2 Å². The van der Waals surface area contributed by atoms with Gasteiger partial charge in [-0.05, 0) is 36.8 Å². The summed E-state index contributed by atoms with van der Waals surface area (Å²) in [5, 5.41) is 2.05. The van der Waals surface area contributed by atoms with Crippen molar-refractivity contribution in [1.82, 2.24) is 4.31 Å². The summed E-state index contributed by atoms with van der Waals surface area (Å²) in [6, 6.07) is 6.07. The molecule has 0 unspecified atom stereocenters. The van der Waals surface area contributed by atoms with Gasteiger partial charge in [0.2, 0.25) is 15.9 Å². The number of hydrogen-bond acceptors (Lipinski definition) is 4. The van der Waals surface area contributed by atoms with Crippen LogP contribution in [-0.2, 0) is 14.8 Å². The Morgan fingerprint density at radius 1 is 1.14 bits per heavy atom. The summed E-state index contributed by atoms with van der Waals surface area (Å²) in [5.74, 6) is -5.51. The number of carbonyl (C=O) groups excluding carboxylic acids is 1. The standard InChI is InChI=1S/C18H19F3N2O4S/c1-4-23(28(25,26)15-9-11(2)5-8-14(15)27-3)10-16(24)22-13-7-6-12(19)17(20)18(13)21/h5-9H,4,10H2,1-3H3,(H,22,24). The van der Waals surface area contributed by atoms with Gasteiger partial charge < -0.3 is 10.1 Å². The van der Waals surface area contributed by atoms with Crippen LogP contribution in [0.5, 0.6) is 5.75 Å². The van der Waals surface area contributed by atoms with Gasteiger partial charge in [0.25, 0.3) is 0 Å². The van der Waals surface area contributed by atoms with E-state index in [4.69, 9.17) is 4.74 Å². The number of sulfonamides is 1. The highest BCUT2D eigenvalue weighted by molar-refractivity contribution is 7.89. The fourth-order valence-corrected chi connectivity index (χ4v) is 4.11. The van der Waals surface area contributed by atoms with Gasteiger partial charge in [-0.1, -0.05) is 13.0 Å². The topological polar surface area (TPSA) is 75.7 Å². The highest BCUT2D eigenvalue weighted by Gasteiger charge is 2.29. The summed E-state index contributed by atoms with van der Waals surface area (Å²) in [6.45, 7) is 2.50. The molecule has 2 aromatic carbocycles. The lowest BCUT2D eigenvalue weighted by Crippen LogP contribution is -2.38. The molecule has 0 aliphatic heterocycles. The molecule has 0 saturated heterocycles. The van der Waals surface area contributed by atoms with Crippen molar-refractivity contribution in [2.24, 2.45) is 0 Å². The molecule has 0 fully saturated rings. The van der Waals surface area contributed by atoms with Gasteiger partial charge in [0.15, 0.2) is 17.5 Å². The molecule has 0 bridgehead atoms. The monoisotopic (exact) mass is 416 g/mol. The second-order valence-corrected chi connectivity index (χ2v) is 7.76. The van der Waals surface area contributed by atoms with Crippen LogP contribution in [-0.4, -0.2) is 38.8 Å². The summed E-state index contributed by atoms with van der Waals surface area (Å²) in [5.41, 5.74) is 0.0780. The Balaban J connectivity index is 2.27. The number of ether oxygens (including phenoxy) is 1. The number of benzene rings is 2. The zero-order valence-electron chi connectivity index (χ0n) is 15.4. The molecule has 0 radical (unpaired) electrons. The third-order valence-corrected chi connectivity index (χ3v) is 5.86. The first-order chi connectivity index (χ1) is 13.1. The average molecular weight is 416 g/mol. The molecule has 0 aliphatic rings. The second-order valence-electron chi connectivity index (χ2n) is 5.86. The number of carbonyl (C=O) groups is 1. The number of halogens is 3. The number of nitrogens with one attached hydrogen (secondary N) is 1. The predicted molar refractivity (Wildman–Crippen MR) is 97.1 cm³/mol. The number of methoxy groups -OCH3 is 1. The van der Waals surface area contributed by atoms with Crippen molar-refractivity contribution in [3.63, 3.8) is 0 Å². The Hall–Kier alpha value is -2.59.